The smallest absolute Gasteiger partial charge is 0.319 e. The van der Waals surface area contributed by atoms with Gasteiger partial charge in [0.05, 0.1) is 24.4 Å². The van der Waals surface area contributed by atoms with E-state index < -0.39 is 42.0 Å². The van der Waals surface area contributed by atoms with Crippen LogP contribution in [0.15, 0.2) is 42.5 Å². The van der Waals surface area contributed by atoms with Crippen molar-refractivity contribution in [3.63, 3.8) is 0 Å². The van der Waals surface area contributed by atoms with Crippen LogP contribution in [0.3, 0.4) is 0 Å². The van der Waals surface area contributed by atoms with Crippen LogP contribution in [0.25, 0.3) is 0 Å². The van der Waals surface area contributed by atoms with Crippen molar-refractivity contribution in [1.29, 1.82) is 0 Å². The average molecular weight is 433 g/mol. The van der Waals surface area contributed by atoms with E-state index in [9.17, 15) is 23.8 Å². The molecule has 1 saturated heterocycles. The molecule has 2 aromatic carbocycles. The van der Waals surface area contributed by atoms with E-state index in [-0.39, 0.29) is 18.8 Å². The average Bonchev–Trinajstić information content (AvgIpc) is 3.09. The first kappa shape index (κ1) is 21.6. The summed E-state index contributed by atoms with van der Waals surface area (Å²) in [4.78, 5) is 14.3. The van der Waals surface area contributed by atoms with Gasteiger partial charge in [-0.15, -0.1) is 0 Å². The van der Waals surface area contributed by atoms with E-state index in [4.69, 9.17) is 4.74 Å². The number of anilines is 1. The van der Waals surface area contributed by atoms with E-state index >= 15 is 0 Å². The van der Waals surface area contributed by atoms with Crippen molar-refractivity contribution >= 4 is 11.7 Å². The lowest BCUT2D eigenvalue weighted by Crippen LogP contribution is -2.52. The van der Waals surface area contributed by atoms with Crippen molar-refractivity contribution < 1.29 is 28.5 Å². The predicted molar refractivity (Wildman–Crippen MR) is 109 cm³/mol. The minimum Gasteiger partial charge on any atom is -0.394 e. The van der Waals surface area contributed by atoms with Crippen LogP contribution in [-0.2, 0) is 17.7 Å². The Balaban J connectivity index is 1.41. The quantitative estimate of drug-likeness (QED) is 0.575. The molecule has 2 aromatic rings. The molecule has 7 nitrogen and oxygen atoms in total. The number of aliphatic hydroxyl groups excluding tert-OH is 2. The lowest BCUT2D eigenvalue weighted by atomic mass is 9.95. The lowest BCUT2D eigenvalue weighted by molar-refractivity contribution is -0.0205. The molecule has 2 amide bonds. The Morgan fingerprint density at radius 3 is 2.68 bits per heavy atom. The maximum absolute atomic E-state index is 13.8. The number of hydrogen-bond acceptors (Lipinski definition) is 5. The number of fused-ring (bicyclic) bond motifs is 1. The van der Waals surface area contributed by atoms with Crippen LogP contribution in [-0.4, -0.2) is 65.2 Å². The minimum atomic E-state index is -0.917. The van der Waals surface area contributed by atoms with Crippen LogP contribution < -0.4 is 10.6 Å². The minimum absolute atomic E-state index is 0.0466. The van der Waals surface area contributed by atoms with Crippen molar-refractivity contribution in [2.24, 2.45) is 0 Å². The molecule has 4 atom stereocenters. The fourth-order valence-corrected chi connectivity index (χ4v) is 4.32. The van der Waals surface area contributed by atoms with Gasteiger partial charge in [-0.05, 0) is 29.7 Å². The standard InChI is InChI=1S/C22H25F2N3O4/c23-15-5-6-17(16(24)9-15)26-22(30)25-10-18-20(21(29)19(12-28)31-18)27-8-7-13-3-1-2-4-14(13)11-27/h1-6,9,18-21,28-29H,7-8,10-12H2,(H2,25,26,30)/t18-,19+,20+,21-/m1/s1. The van der Waals surface area contributed by atoms with Crippen LogP contribution in [0, 0.1) is 11.6 Å². The number of hydrogen-bond donors (Lipinski definition) is 4. The Morgan fingerprint density at radius 2 is 1.94 bits per heavy atom. The summed E-state index contributed by atoms with van der Waals surface area (Å²) in [5.74, 6) is -1.62. The Hall–Kier alpha value is -2.59. The number of nitrogens with one attached hydrogen (secondary N) is 2. The summed E-state index contributed by atoms with van der Waals surface area (Å²) in [7, 11) is 0. The SMILES string of the molecule is O=C(NC[C@H]1O[C@@H](CO)[C@@H](O)[C@H]1N1CCc2ccccc2C1)Nc1ccc(F)cc1F. The topological polar surface area (TPSA) is 94.1 Å². The highest BCUT2D eigenvalue weighted by Gasteiger charge is 2.46. The summed E-state index contributed by atoms with van der Waals surface area (Å²) in [5, 5.41) is 25.3. The first-order chi connectivity index (χ1) is 15.0. The molecule has 1 fully saturated rings. The molecule has 2 aliphatic rings. The molecule has 0 saturated carbocycles. The van der Waals surface area contributed by atoms with Crippen molar-refractivity contribution in [2.75, 3.05) is 25.0 Å². The summed E-state index contributed by atoms with van der Waals surface area (Å²) in [6.07, 6.45) is -1.42. The largest absolute Gasteiger partial charge is 0.394 e. The summed E-state index contributed by atoms with van der Waals surface area (Å²) in [6, 6.07) is 9.86. The molecular formula is C22H25F2N3O4. The Morgan fingerprint density at radius 1 is 1.16 bits per heavy atom. The molecule has 4 N–H and O–H groups in total. The highest BCUT2D eigenvalue weighted by molar-refractivity contribution is 5.89. The van der Waals surface area contributed by atoms with Gasteiger partial charge in [0.1, 0.15) is 23.8 Å². The van der Waals surface area contributed by atoms with Gasteiger partial charge in [0, 0.05) is 25.7 Å². The van der Waals surface area contributed by atoms with E-state index in [0.717, 1.165) is 18.6 Å². The van der Waals surface area contributed by atoms with E-state index in [1.54, 1.807) is 0 Å². The molecule has 166 valence electrons. The Kier molecular flexibility index (Phi) is 6.47. The monoisotopic (exact) mass is 433 g/mol. The van der Waals surface area contributed by atoms with Crippen LogP contribution in [0.2, 0.25) is 0 Å². The van der Waals surface area contributed by atoms with Crippen molar-refractivity contribution in [2.45, 2.75) is 37.3 Å². The van der Waals surface area contributed by atoms with Crippen LogP contribution >= 0.6 is 0 Å². The first-order valence-corrected chi connectivity index (χ1v) is 10.2. The number of carbonyl (C=O) groups is 1. The van der Waals surface area contributed by atoms with Gasteiger partial charge in [-0.3, -0.25) is 4.90 Å². The zero-order valence-corrected chi connectivity index (χ0v) is 16.8. The van der Waals surface area contributed by atoms with Gasteiger partial charge < -0.3 is 25.6 Å². The third-order valence-electron chi connectivity index (χ3n) is 5.87. The number of halogens is 2. The van der Waals surface area contributed by atoms with E-state index in [1.165, 1.54) is 11.1 Å². The Labute approximate surface area is 178 Å². The summed E-state index contributed by atoms with van der Waals surface area (Å²) in [5.41, 5.74) is 2.29. The molecule has 0 aliphatic carbocycles. The van der Waals surface area contributed by atoms with Gasteiger partial charge in [-0.2, -0.15) is 0 Å². The second-order valence-electron chi connectivity index (χ2n) is 7.83. The zero-order valence-electron chi connectivity index (χ0n) is 16.8. The molecule has 9 heteroatoms. The second kappa shape index (κ2) is 9.27. The lowest BCUT2D eigenvalue weighted by Gasteiger charge is -2.37. The van der Waals surface area contributed by atoms with E-state index in [2.05, 4.69) is 21.6 Å². The fraction of sp³-hybridized carbons (Fsp3) is 0.409. The van der Waals surface area contributed by atoms with Crippen molar-refractivity contribution in [3.05, 3.63) is 65.2 Å². The molecule has 31 heavy (non-hydrogen) atoms. The van der Waals surface area contributed by atoms with Gasteiger partial charge in [0.15, 0.2) is 0 Å². The number of urea groups is 1. The third kappa shape index (κ3) is 4.69. The molecule has 0 aromatic heterocycles. The van der Waals surface area contributed by atoms with Gasteiger partial charge >= 0.3 is 6.03 Å². The molecule has 0 radical (unpaired) electrons. The van der Waals surface area contributed by atoms with Gasteiger partial charge in [0.25, 0.3) is 0 Å². The number of amides is 2. The molecule has 2 heterocycles. The fourth-order valence-electron chi connectivity index (χ4n) is 4.32. The number of aliphatic hydroxyl groups is 2. The molecule has 2 aliphatic heterocycles. The molecule has 0 spiro atoms. The van der Waals surface area contributed by atoms with E-state index in [0.29, 0.717) is 19.2 Å². The zero-order chi connectivity index (χ0) is 22.0. The number of carbonyl (C=O) groups excluding carboxylic acids is 1. The van der Waals surface area contributed by atoms with Crippen LogP contribution in [0.4, 0.5) is 19.3 Å². The second-order valence-corrected chi connectivity index (χ2v) is 7.83. The highest BCUT2D eigenvalue weighted by Crippen LogP contribution is 2.30. The number of rotatable bonds is 5. The number of ether oxygens (including phenoxy) is 1. The van der Waals surface area contributed by atoms with Crippen molar-refractivity contribution in [1.82, 2.24) is 10.2 Å². The van der Waals surface area contributed by atoms with Gasteiger partial charge in [0.2, 0.25) is 0 Å². The summed E-state index contributed by atoms with van der Waals surface area (Å²) < 4.78 is 32.6. The maximum atomic E-state index is 13.8. The maximum Gasteiger partial charge on any atom is 0.319 e. The summed E-state index contributed by atoms with van der Waals surface area (Å²) in [6.45, 7) is 1.04. The third-order valence-corrected chi connectivity index (χ3v) is 5.87. The molecular weight excluding hydrogens is 408 g/mol. The van der Waals surface area contributed by atoms with Crippen LogP contribution in [0.5, 0.6) is 0 Å². The normalized spacial score (nSPS) is 25.8. The van der Waals surface area contributed by atoms with E-state index in [1.807, 2.05) is 18.2 Å². The highest BCUT2D eigenvalue weighted by atomic mass is 19.1. The van der Waals surface area contributed by atoms with Gasteiger partial charge in [-0.25, -0.2) is 13.6 Å². The van der Waals surface area contributed by atoms with Crippen LogP contribution in [0.1, 0.15) is 11.1 Å². The molecule has 0 bridgehead atoms. The number of benzene rings is 2. The number of nitrogens with zero attached hydrogens (tertiary/aromatic N) is 1. The van der Waals surface area contributed by atoms with Gasteiger partial charge in [-0.1, -0.05) is 24.3 Å². The molecule has 4 rings (SSSR count). The Bertz CT molecular complexity index is 945. The summed E-state index contributed by atoms with van der Waals surface area (Å²) >= 11 is 0. The van der Waals surface area contributed by atoms with Crippen molar-refractivity contribution in [3.8, 4) is 0 Å². The predicted octanol–water partition coefficient (Wildman–Crippen LogP) is 1.63. The first-order valence-electron chi connectivity index (χ1n) is 10.2. The molecule has 0 unspecified atom stereocenters.